The van der Waals surface area contributed by atoms with Crippen LogP contribution in [0.2, 0.25) is 0 Å². The van der Waals surface area contributed by atoms with E-state index in [0.29, 0.717) is 13.0 Å². The van der Waals surface area contributed by atoms with E-state index >= 15 is 0 Å². The molecule has 1 rings (SSSR count). The molecule has 1 aliphatic heterocycles. The van der Waals surface area contributed by atoms with Gasteiger partial charge in [-0.1, -0.05) is 6.08 Å². The van der Waals surface area contributed by atoms with E-state index in [1.807, 2.05) is 0 Å². The lowest BCUT2D eigenvalue weighted by atomic mass is 10.0. The number of aliphatic carboxylic acids is 2. The molecule has 3 N–H and O–H groups in total. The maximum atomic E-state index is 10.6. The minimum Gasteiger partial charge on any atom is -0.480 e. The Morgan fingerprint density at radius 1 is 1.38 bits per heavy atom. The van der Waals surface area contributed by atoms with Gasteiger partial charge in [0, 0.05) is 12.0 Å². The van der Waals surface area contributed by atoms with Crippen molar-refractivity contribution in [3.63, 3.8) is 0 Å². The minimum atomic E-state index is -1.05. The summed E-state index contributed by atoms with van der Waals surface area (Å²) in [6, 6.07) is -0.643. The highest BCUT2D eigenvalue weighted by Gasteiger charge is 2.30. The number of carboxylic acid groups (broad SMARTS) is 2. The zero-order valence-corrected chi connectivity index (χ0v) is 6.93. The van der Waals surface area contributed by atoms with Crippen LogP contribution in [-0.4, -0.2) is 34.7 Å². The first-order valence-corrected chi connectivity index (χ1v) is 3.98. The van der Waals surface area contributed by atoms with Crippen molar-refractivity contribution in [2.75, 3.05) is 6.54 Å². The van der Waals surface area contributed by atoms with Gasteiger partial charge in [0.25, 0.3) is 0 Å². The minimum absolute atomic E-state index is 0.214. The molecular formula is C8H11NO4. The third-order valence-corrected chi connectivity index (χ3v) is 2.02. The van der Waals surface area contributed by atoms with Gasteiger partial charge in [0.15, 0.2) is 0 Å². The van der Waals surface area contributed by atoms with Crippen LogP contribution in [0.4, 0.5) is 0 Å². The zero-order chi connectivity index (χ0) is 9.84. The maximum Gasteiger partial charge on any atom is 0.327 e. The molecule has 1 heterocycles. The molecule has 0 radical (unpaired) electrons. The average molecular weight is 185 g/mol. The molecule has 5 nitrogen and oxygen atoms in total. The van der Waals surface area contributed by atoms with Crippen molar-refractivity contribution < 1.29 is 19.8 Å². The van der Waals surface area contributed by atoms with Gasteiger partial charge in [-0.25, -0.2) is 4.79 Å². The summed E-state index contributed by atoms with van der Waals surface area (Å²) < 4.78 is 0. The van der Waals surface area contributed by atoms with Crippen LogP contribution in [0.3, 0.4) is 0 Å². The molecule has 0 bridgehead atoms. The molecule has 1 aliphatic rings. The van der Waals surface area contributed by atoms with Gasteiger partial charge in [-0.3, -0.25) is 4.79 Å². The van der Waals surface area contributed by atoms with Gasteiger partial charge in [-0.2, -0.15) is 0 Å². The lowest BCUT2D eigenvalue weighted by Gasteiger charge is -2.09. The van der Waals surface area contributed by atoms with Crippen LogP contribution in [-0.2, 0) is 9.59 Å². The molecule has 13 heavy (non-hydrogen) atoms. The lowest BCUT2D eigenvalue weighted by Crippen LogP contribution is -2.34. The molecule has 0 unspecified atom stereocenters. The van der Waals surface area contributed by atoms with E-state index in [4.69, 9.17) is 10.2 Å². The van der Waals surface area contributed by atoms with Crippen molar-refractivity contribution in [1.82, 2.24) is 5.32 Å². The number of carbonyl (C=O) groups is 2. The monoisotopic (exact) mass is 185 g/mol. The van der Waals surface area contributed by atoms with E-state index in [1.54, 1.807) is 0 Å². The Kier molecular flexibility index (Phi) is 3.02. The van der Waals surface area contributed by atoms with Crippen molar-refractivity contribution >= 4 is 11.9 Å². The summed E-state index contributed by atoms with van der Waals surface area (Å²) in [5, 5.41) is 19.8. The lowest BCUT2D eigenvalue weighted by molar-refractivity contribution is -0.139. The van der Waals surface area contributed by atoms with Crippen molar-refractivity contribution in [1.29, 1.82) is 0 Å². The van der Waals surface area contributed by atoms with Crippen molar-refractivity contribution in [3.05, 3.63) is 12.2 Å². The van der Waals surface area contributed by atoms with Crippen LogP contribution in [0.5, 0.6) is 0 Å². The summed E-state index contributed by atoms with van der Waals surface area (Å²) in [7, 11) is 0. The second-order valence-corrected chi connectivity index (χ2v) is 2.92. The molecule has 0 amide bonds. The van der Waals surface area contributed by atoms with E-state index < -0.39 is 18.0 Å². The normalized spacial score (nSPS) is 28.0. The zero-order valence-electron chi connectivity index (χ0n) is 6.93. The average Bonchev–Trinajstić information content (AvgIpc) is 2.47. The Morgan fingerprint density at radius 2 is 2.08 bits per heavy atom. The predicted octanol–water partition coefficient (Wildman–Crippen LogP) is -0.310. The summed E-state index contributed by atoms with van der Waals surface area (Å²) in [5.74, 6) is -2.19. The van der Waals surface area contributed by atoms with Crippen LogP contribution in [0.25, 0.3) is 0 Å². The first kappa shape index (κ1) is 9.73. The van der Waals surface area contributed by atoms with Gasteiger partial charge in [0.1, 0.15) is 6.04 Å². The van der Waals surface area contributed by atoms with Gasteiger partial charge in [-0.15, -0.1) is 0 Å². The predicted molar refractivity (Wildman–Crippen MR) is 44.3 cm³/mol. The van der Waals surface area contributed by atoms with Gasteiger partial charge in [0.2, 0.25) is 0 Å². The van der Waals surface area contributed by atoms with E-state index in [-0.39, 0.29) is 5.92 Å². The molecule has 72 valence electrons. The quantitative estimate of drug-likeness (QED) is 0.525. The fourth-order valence-corrected chi connectivity index (χ4v) is 1.41. The summed E-state index contributed by atoms with van der Waals surface area (Å²) in [6.45, 7) is 0.617. The highest BCUT2D eigenvalue weighted by molar-refractivity contribution is 5.80. The van der Waals surface area contributed by atoms with Crippen molar-refractivity contribution in [3.8, 4) is 0 Å². The summed E-state index contributed by atoms with van der Waals surface area (Å²) >= 11 is 0. The molecule has 0 saturated carbocycles. The second-order valence-electron chi connectivity index (χ2n) is 2.92. The molecule has 1 fully saturated rings. The number of hydrogen-bond acceptors (Lipinski definition) is 3. The molecule has 0 aromatic heterocycles. The third-order valence-electron chi connectivity index (χ3n) is 2.02. The molecule has 0 aromatic carbocycles. The molecule has 0 aliphatic carbocycles. The molecular weight excluding hydrogens is 174 g/mol. The Bertz CT molecular complexity index is 249. The fraction of sp³-hybridized carbons (Fsp3) is 0.500. The van der Waals surface area contributed by atoms with Crippen LogP contribution in [0.15, 0.2) is 12.2 Å². The van der Waals surface area contributed by atoms with Gasteiger partial charge in [0.05, 0.1) is 0 Å². The molecule has 0 spiro atoms. The number of rotatable bonds is 3. The van der Waals surface area contributed by atoms with Crippen molar-refractivity contribution in [2.45, 2.75) is 12.5 Å². The standard InChI is InChI=1S/C8H11NO4/c10-6(11)2-1-5-3-4-9-7(5)8(12)13/h1-2,5,7,9H,3-4H2,(H,10,11)(H,12,13)/b2-1+/t5-,7-/m0/s1. The molecule has 5 heteroatoms. The van der Waals surface area contributed by atoms with Gasteiger partial charge < -0.3 is 15.5 Å². The molecule has 1 saturated heterocycles. The Hall–Kier alpha value is -1.36. The van der Waals surface area contributed by atoms with Crippen LogP contribution < -0.4 is 5.32 Å². The Morgan fingerprint density at radius 3 is 2.62 bits per heavy atom. The van der Waals surface area contributed by atoms with Gasteiger partial charge >= 0.3 is 11.9 Å². The van der Waals surface area contributed by atoms with Crippen LogP contribution in [0.1, 0.15) is 6.42 Å². The van der Waals surface area contributed by atoms with E-state index in [9.17, 15) is 9.59 Å². The van der Waals surface area contributed by atoms with E-state index in [0.717, 1.165) is 6.08 Å². The van der Waals surface area contributed by atoms with E-state index in [2.05, 4.69) is 5.32 Å². The maximum absolute atomic E-state index is 10.6. The topological polar surface area (TPSA) is 86.6 Å². The summed E-state index contributed by atoms with van der Waals surface area (Å²) in [4.78, 5) is 20.8. The fourth-order valence-electron chi connectivity index (χ4n) is 1.41. The van der Waals surface area contributed by atoms with E-state index in [1.165, 1.54) is 6.08 Å². The first-order valence-electron chi connectivity index (χ1n) is 3.98. The largest absolute Gasteiger partial charge is 0.480 e. The number of hydrogen-bond donors (Lipinski definition) is 3. The summed E-state index contributed by atoms with van der Waals surface area (Å²) in [5.41, 5.74) is 0. The molecule has 0 aromatic rings. The van der Waals surface area contributed by atoms with Crippen LogP contribution in [0, 0.1) is 5.92 Å². The highest BCUT2D eigenvalue weighted by atomic mass is 16.4. The third kappa shape index (κ3) is 2.55. The number of nitrogens with one attached hydrogen (secondary N) is 1. The van der Waals surface area contributed by atoms with Gasteiger partial charge in [-0.05, 0) is 13.0 Å². The summed E-state index contributed by atoms with van der Waals surface area (Å²) in [6.07, 6.45) is 3.09. The number of carboxylic acids is 2. The highest BCUT2D eigenvalue weighted by Crippen LogP contribution is 2.16. The van der Waals surface area contributed by atoms with Crippen molar-refractivity contribution in [2.24, 2.45) is 5.92 Å². The van der Waals surface area contributed by atoms with Crippen LogP contribution >= 0.6 is 0 Å². The Balaban J connectivity index is 2.58. The Labute approximate surface area is 75.1 Å². The first-order chi connectivity index (χ1) is 6.11. The molecule has 2 atom stereocenters. The SMILES string of the molecule is O=C(O)/C=C/[C@H]1CCN[C@@H]1C(=O)O. The smallest absolute Gasteiger partial charge is 0.327 e. The second kappa shape index (κ2) is 4.04.